The second kappa shape index (κ2) is 8.34. The Bertz CT molecular complexity index is 1010. The molecule has 0 bridgehead atoms. The second-order valence-corrected chi connectivity index (χ2v) is 6.97. The fourth-order valence-corrected chi connectivity index (χ4v) is 3.50. The first kappa shape index (κ1) is 19.0. The lowest BCUT2D eigenvalue weighted by Gasteiger charge is -2.20. The molecule has 1 fully saturated rings. The minimum absolute atomic E-state index is 0.0762. The Labute approximate surface area is 168 Å². The van der Waals surface area contributed by atoms with E-state index in [0.717, 1.165) is 29.9 Å². The largest absolute Gasteiger partial charge is 0.494 e. The number of aromatic nitrogens is 2. The minimum Gasteiger partial charge on any atom is -0.494 e. The first-order valence-electron chi connectivity index (χ1n) is 9.64. The lowest BCUT2D eigenvalue weighted by atomic mass is 10.2. The van der Waals surface area contributed by atoms with Crippen molar-refractivity contribution in [3.8, 4) is 5.75 Å². The highest BCUT2D eigenvalue weighted by atomic mass is 19.1. The lowest BCUT2D eigenvalue weighted by molar-refractivity contribution is -0.125. The number of halogens is 1. The Morgan fingerprint density at radius 1 is 1.17 bits per heavy atom. The van der Waals surface area contributed by atoms with E-state index < -0.39 is 5.82 Å². The minimum atomic E-state index is -0.446. The highest BCUT2D eigenvalue weighted by Crippen LogP contribution is 2.20. The number of anilines is 1. The van der Waals surface area contributed by atoms with Gasteiger partial charge in [-0.15, -0.1) is 0 Å². The van der Waals surface area contributed by atoms with Crippen LogP contribution in [0.1, 0.15) is 12.0 Å². The van der Waals surface area contributed by atoms with E-state index in [0.29, 0.717) is 25.2 Å². The maximum Gasteiger partial charge on any atom is 0.246 e. The first-order valence-corrected chi connectivity index (χ1v) is 9.64. The number of amides is 1. The van der Waals surface area contributed by atoms with Crippen molar-refractivity contribution in [2.75, 3.05) is 38.2 Å². The number of rotatable bonds is 4. The Kier molecular flexibility index (Phi) is 5.46. The second-order valence-electron chi connectivity index (χ2n) is 6.97. The summed E-state index contributed by atoms with van der Waals surface area (Å²) in [5.74, 6) is 0.502. The van der Waals surface area contributed by atoms with Gasteiger partial charge in [0, 0.05) is 32.3 Å². The van der Waals surface area contributed by atoms with E-state index in [1.54, 1.807) is 18.2 Å². The molecular weight excluding hydrogens is 371 g/mol. The van der Waals surface area contributed by atoms with Crippen LogP contribution in [-0.4, -0.2) is 54.1 Å². The van der Waals surface area contributed by atoms with Gasteiger partial charge in [0.05, 0.1) is 18.1 Å². The molecule has 2 aromatic carbocycles. The molecule has 1 aliphatic rings. The van der Waals surface area contributed by atoms with Crippen molar-refractivity contribution < 1.29 is 13.9 Å². The molecule has 1 aliphatic heterocycles. The van der Waals surface area contributed by atoms with Gasteiger partial charge >= 0.3 is 0 Å². The zero-order valence-electron chi connectivity index (χ0n) is 16.3. The standard InChI is InChI=1S/C22H23FN4O2/c1-29-20-9-7-16(15-17(20)23)8-10-21(28)26-11-4-12-27(14-13-26)22-24-18-5-2-3-6-19(18)25-22/h2-3,5-10,15H,4,11-14H2,1H3,(H,24,25)/b10-8+. The molecule has 3 aromatic rings. The van der Waals surface area contributed by atoms with Gasteiger partial charge in [-0.3, -0.25) is 4.79 Å². The first-order chi connectivity index (χ1) is 14.1. The van der Waals surface area contributed by atoms with Crippen LogP contribution in [0.2, 0.25) is 0 Å². The number of H-pyrrole nitrogens is 1. The molecule has 1 saturated heterocycles. The van der Waals surface area contributed by atoms with E-state index in [9.17, 15) is 9.18 Å². The van der Waals surface area contributed by atoms with Gasteiger partial charge in [-0.1, -0.05) is 18.2 Å². The van der Waals surface area contributed by atoms with Gasteiger partial charge in [-0.05, 0) is 42.3 Å². The SMILES string of the molecule is COc1ccc(/C=C/C(=O)N2CCCN(c3nc4ccccc4[nH]3)CC2)cc1F. The number of hydrogen-bond acceptors (Lipinski definition) is 4. The van der Waals surface area contributed by atoms with Crippen molar-refractivity contribution in [3.05, 3.63) is 59.9 Å². The number of aromatic amines is 1. The van der Waals surface area contributed by atoms with E-state index >= 15 is 0 Å². The third-order valence-electron chi connectivity index (χ3n) is 5.08. The van der Waals surface area contributed by atoms with Gasteiger partial charge in [-0.2, -0.15) is 0 Å². The number of benzene rings is 2. The van der Waals surface area contributed by atoms with Crippen LogP contribution >= 0.6 is 0 Å². The van der Waals surface area contributed by atoms with E-state index in [4.69, 9.17) is 4.74 Å². The Hall–Kier alpha value is -3.35. The number of para-hydroxylation sites is 2. The van der Waals surface area contributed by atoms with Gasteiger partial charge in [0.2, 0.25) is 11.9 Å². The molecule has 0 aliphatic carbocycles. The lowest BCUT2D eigenvalue weighted by Crippen LogP contribution is -2.34. The number of imidazole rings is 1. The molecular formula is C22H23FN4O2. The molecule has 7 heteroatoms. The summed E-state index contributed by atoms with van der Waals surface area (Å²) in [6.45, 7) is 2.82. The quantitative estimate of drug-likeness (QED) is 0.689. The topological polar surface area (TPSA) is 61.5 Å². The van der Waals surface area contributed by atoms with Crippen LogP contribution in [0.3, 0.4) is 0 Å². The van der Waals surface area contributed by atoms with Crippen molar-refractivity contribution in [2.45, 2.75) is 6.42 Å². The Morgan fingerprint density at radius 2 is 2.03 bits per heavy atom. The van der Waals surface area contributed by atoms with Gasteiger partial charge in [0.25, 0.3) is 0 Å². The van der Waals surface area contributed by atoms with Gasteiger partial charge < -0.3 is 19.5 Å². The summed E-state index contributed by atoms with van der Waals surface area (Å²) in [6, 6.07) is 12.6. The highest BCUT2D eigenvalue weighted by Gasteiger charge is 2.19. The number of nitrogens with one attached hydrogen (secondary N) is 1. The number of carbonyl (C=O) groups excluding carboxylic acids is 1. The third-order valence-corrected chi connectivity index (χ3v) is 5.08. The highest BCUT2D eigenvalue weighted by molar-refractivity contribution is 5.91. The molecule has 1 aromatic heterocycles. The molecule has 0 spiro atoms. The van der Waals surface area contributed by atoms with Crippen LogP contribution in [0.25, 0.3) is 17.1 Å². The van der Waals surface area contributed by atoms with E-state index in [1.165, 1.54) is 19.3 Å². The van der Waals surface area contributed by atoms with Gasteiger partial charge in [0.15, 0.2) is 11.6 Å². The molecule has 0 atom stereocenters. The van der Waals surface area contributed by atoms with E-state index in [2.05, 4.69) is 14.9 Å². The van der Waals surface area contributed by atoms with Crippen LogP contribution < -0.4 is 9.64 Å². The van der Waals surface area contributed by atoms with E-state index in [1.807, 2.05) is 29.2 Å². The van der Waals surface area contributed by atoms with E-state index in [-0.39, 0.29) is 11.7 Å². The van der Waals surface area contributed by atoms with Crippen molar-refractivity contribution in [1.29, 1.82) is 0 Å². The van der Waals surface area contributed by atoms with Crippen LogP contribution in [0.15, 0.2) is 48.5 Å². The summed E-state index contributed by atoms with van der Waals surface area (Å²) in [7, 11) is 1.42. The fourth-order valence-electron chi connectivity index (χ4n) is 3.50. The molecule has 1 amide bonds. The van der Waals surface area contributed by atoms with Crippen LogP contribution in [0.5, 0.6) is 5.75 Å². The molecule has 1 N–H and O–H groups in total. The summed E-state index contributed by atoms with van der Waals surface area (Å²) in [5, 5.41) is 0. The molecule has 2 heterocycles. The smallest absolute Gasteiger partial charge is 0.246 e. The monoisotopic (exact) mass is 394 g/mol. The molecule has 4 rings (SSSR count). The molecule has 29 heavy (non-hydrogen) atoms. The summed E-state index contributed by atoms with van der Waals surface area (Å²) in [5.41, 5.74) is 2.57. The molecule has 6 nitrogen and oxygen atoms in total. The predicted octanol–water partition coefficient (Wildman–Crippen LogP) is 3.46. The Balaban J connectivity index is 1.40. The van der Waals surface area contributed by atoms with Crippen molar-refractivity contribution in [3.63, 3.8) is 0 Å². The van der Waals surface area contributed by atoms with Crippen LogP contribution in [0.4, 0.5) is 10.3 Å². The predicted molar refractivity (Wildman–Crippen MR) is 111 cm³/mol. The number of ether oxygens (including phenoxy) is 1. The molecule has 150 valence electrons. The number of nitrogens with zero attached hydrogens (tertiary/aromatic N) is 3. The van der Waals surface area contributed by atoms with Gasteiger partial charge in [0.1, 0.15) is 0 Å². The summed E-state index contributed by atoms with van der Waals surface area (Å²) < 4.78 is 18.7. The maximum absolute atomic E-state index is 13.8. The Morgan fingerprint density at radius 3 is 2.83 bits per heavy atom. The van der Waals surface area contributed by atoms with Gasteiger partial charge in [-0.25, -0.2) is 9.37 Å². The summed E-state index contributed by atoms with van der Waals surface area (Å²) in [6.07, 6.45) is 3.98. The molecule has 0 unspecified atom stereocenters. The molecule has 0 saturated carbocycles. The van der Waals surface area contributed by atoms with Crippen LogP contribution in [0, 0.1) is 5.82 Å². The normalized spacial score (nSPS) is 15.1. The number of carbonyl (C=O) groups is 1. The fraction of sp³-hybridized carbons (Fsp3) is 0.273. The zero-order chi connectivity index (χ0) is 20.2. The zero-order valence-corrected chi connectivity index (χ0v) is 16.3. The summed E-state index contributed by atoms with van der Waals surface area (Å²) >= 11 is 0. The third kappa shape index (κ3) is 4.23. The van der Waals surface area contributed by atoms with Crippen LogP contribution in [-0.2, 0) is 4.79 Å². The average Bonchev–Trinajstić information content (AvgIpc) is 3.01. The summed E-state index contributed by atoms with van der Waals surface area (Å²) in [4.78, 5) is 24.6. The maximum atomic E-state index is 13.8. The number of hydrogen-bond donors (Lipinski definition) is 1. The molecule has 0 radical (unpaired) electrons. The average molecular weight is 394 g/mol. The number of methoxy groups -OCH3 is 1. The number of fused-ring (bicyclic) bond motifs is 1. The van der Waals surface area contributed by atoms with Crippen molar-refractivity contribution >= 4 is 29.0 Å². The van der Waals surface area contributed by atoms with Crippen molar-refractivity contribution in [2.24, 2.45) is 0 Å². The van der Waals surface area contributed by atoms with Crippen molar-refractivity contribution in [1.82, 2.24) is 14.9 Å².